The van der Waals surface area contributed by atoms with Gasteiger partial charge in [-0.3, -0.25) is 9.88 Å². The smallest absolute Gasteiger partial charge is 0.0401 e. The number of anilines is 1. The zero-order valence-corrected chi connectivity index (χ0v) is 16.5. The summed E-state index contributed by atoms with van der Waals surface area (Å²) < 4.78 is 0. The van der Waals surface area contributed by atoms with Crippen LogP contribution in [0.5, 0.6) is 0 Å². The summed E-state index contributed by atoms with van der Waals surface area (Å²) in [6.07, 6.45) is 9.18. The minimum absolute atomic E-state index is 0.479. The molecule has 2 atom stereocenters. The molecule has 1 aromatic carbocycles. The molecule has 0 amide bonds. The van der Waals surface area contributed by atoms with Crippen LogP contribution >= 0.6 is 0 Å². The molecular formula is C23H32N4. The standard InChI is InChI=1S/C23H32N4/c1-26-15-11-21(23(26)20-6-5-12-24-17-20)18-25-16-19-7-9-22(10-8-19)27-13-3-2-4-14-27/h5-10,12,17,21,23,25H,2-4,11,13-16,18H2,1H3/t21-,23-/m0/s1. The van der Waals surface area contributed by atoms with E-state index < -0.39 is 0 Å². The van der Waals surface area contributed by atoms with E-state index in [1.807, 2.05) is 12.4 Å². The molecule has 3 heterocycles. The van der Waals surface area contributed by atoms with Crippen molar-refractivity contribution in [1.29, 1.82) is 0 Å². The van der Waals surface area contributed by atoms with Crippen molar-refractivity contribution in [2.45, 2.75) is 38.3 Å². The molecule has 0 unspecified atom stereocenters. The molecular weight excluding hydrogens is 332 g/mol. The van der Waals surface area contributed by atoms with E-state index in [0.717, 1.165) is 19.6 Å². The fraction of sp³-hybridized carbons (Fsp3) is 0.522. The average molecular weight is 365 g/mol. The van der Waals surface area contributed by atoms with E-state index in [-0.39, 0.29) is 0 Å². The SMILES string of the molecule is CN1CC[C@@H](CNCc2ccc(N3CCCCC3)cc2)[C@@H]1c1cccnc1. The van der Waals surface area contributed by atoms with Crippen molar-refractivity contribution in [3.05, 3.63) is 59.9 Å². The summed E-state index contributed by atoms with van der Waals surface area (Å²) in [5.41, 5.74) is 4.10. The number of hydrogen-bond donors (Lipinski definition) is 1. The van der Waals surface area contributed by atoms with Gasteiger partial charge in [-0.15, -0.1) is 0 Å². The van der Waals surface area contributed by atoms with Gasteiger partial charge in [0, 0.05) is 50.3 Å². The van der Waals surface area contributed by atoms with Gasteiger partial charge in [-0.2, -0.15) is 0 Å². The fourth-order valence-electron chi connectivity index (χ4n) is 4.70. The van der Waals surface area contributed by atoms with Crippen LogP contribution in [0, 0.1) is 5.92 Å². The molecule has 0 saturated carbocycles. The number of rotatable bonds is 6. The number of aromatic nitrogens is 1. The second kappa shape index (κ2) is 8.85. The van der Waals surface area contributed by atoms with Gasteiger partial charge < -0.3 is 10.2 Å². The molecule has 1 N–H and O–H groups in total. The van der Waals surface area contributed by atoms with Crippen molar-refractivity contribution in [3.8, 4) is 0 Å². The lowest BCUT2D eigenvalue weighted by Gasteiger charge is -2.29. The zero-order valence-electron chi connectivity index (χ0n) is 16.5. The Kier molecular flexibility index (Phi) is 6.05. The molecule has 0 radical (unpaired) electrons. The van der Waals surface area contributed by atoms with E-state index in [1.54, 1.807) is 0 Å². The van der Waals surface area contributed by atoms with Crippen molar-refractivity contribution in [1.82, 2.24) is 15.2 Å². The molecule has 4 nitrogen and oxygen atoms in total. The normalized spacial score (nSPS) is 23.7. The number of nitrogens with zero attached hydrogens (tertiary/aromatic N) is 3. The molecule has 2 aliphatic rings. The number of nitrogens with one attached hydrogen (secondary N) is 1. The first-order valence-electron chi connectivity index (χ1n) is 10.5. The van der Waals surface area contributed by atoms with Crippen LogP contribution in [0.15, 0.2) is 48.8 Å². The summed E-state index contributed by atoms with van der Waals surface area (Å²) in [4.78, 5) is 9.31. The van der Waals surface area contributed by atoms with Crippen molar-refractivity contribution >= 4 is 5.69 Å². The highest BCUT2D eigenvalue weighted by molar-refractivity contribution is 5.47. The zero-order chi connectivity index (χ0) is 18.5. The van der Waals surface area contributed by atoms with Crippen LogP contribution in [0.3, 0.4) is 0 Å². The van der Waals surface area contributed by atoms with Gasteiger partial charge in [0.2, 0.25) is 0 Å². The predicted molar refractivity (Wildman–Crippen MR) is 112 cm³/mol. The Bertz CT molecular complexity index is 694. The van der Waals surface area contributed by atoms with E-state index in [1.165, 1.54) is 55.6 Å². The highest BCUT2D eigenvalue weighted by Crippen LogP contribution is 2.35. The molecule has 0 aliphatic carbocycles. The van der Waals surface area contributed by atoms with Crippen molar-refractivity contribution in [3.63, 3.8) is 0 Å². The van der Waals surface area contributed by atoms with Crippen LogP contribution in [0.25, 0.3) is 0 Å². The van der Waals surface area contributed by atoms with Gasteiger partial charge in [0.25, 0.3) is 0 Å². The van der Waals surface area contributed by atoms with Crippen molar-refractivity contribution in [2.24, 2.45) is 5.92 Å². The average Bonchev–Trinajstić information content (AvgIpc) is 3.10. The Morgan fingerprint density at radius 1 is 1.04 bits per heavy atom. The lowest BCUT2D eigenvalue weighted by atomic mass is 9.94. The van der Waals surface area contributed by atoms with Gasteiger partial charge in [0.15, 0.2) is 0 Å². The molecule has 0 spiro atoms. The van der Waals surface area contributed by atoms with Crippen LogP contribution in [0.2, 0.25) is 0 Å². The number of benzene rings is 1. The fourth-order valence-corrected chi connectivity index (χ4v) is 4.70. The van der Waals surface area contributed by atoms with E-state index in [0.29, 0.717) is 12.0 Å². The number of piperidine rings is 1. The third-order valence-electron chi connectivity index (χ3n) is 6.19. The van der Waals surface area contributed by atoms with Crippen LogP contribution in [0.4, 0.5) is 5.69 Å². The molecule has 144 valence electrons. The first-order valence-corrected chi connectivity index (χ1v) is 10.5. The first kappa shape index (κ1) is 18.5. The number of likely N-dealkylation sites (tertiary alicyclic amines) is 1. The Morgan fingerprint density at radius 2 is 1.85 bits per heavy atom. The molecule has 2 saturated heterocycles. The second-order valence-corrected chi connectivity index (χ2v) is 8.11. The number of pyridine rings is 1. The molecule has 27 heavy (non-hydrogen) atoms. The Hall–Kier alpha value is -1.91. The summed E-state index contributed by atoms with van der Waals surface area (Å²) in [6.45, 7) is 5.58. The Morgan fingerprint density at radius 3 is 2.59 bits per heavy atom. The molecule has 2 fully saturated rings. The largest absolute Gasteiger partial charge is 0.372 e. The van der Waals surface area contributed by atoms with Gasteiger partial charge in [-0.05, 0) is 74.5 Å². The summed E-state index contributed by atoms with van der Waals surface area (Å²) in [5.74, 6) is 0.645. The van der Waals surface area contributed by atoms with Gasteiger partial charge in [-0.1, -0.05) is 18.2 Å². The quantitative estimate of drug-likeness (QED) is 0.843. The Balaban J connectivity index is 1.30. The lowest BCUT2D eigenvalue weighted by molar-refractivity contribution is 0.271. The molecule has 1 aromatic heterocycles. The minimum Gasteiger partial charge on any atom is -0.372 e. The first-order chi connectivity index (χ1) is 13.3. The summed E-state index contributed by atoms with van der Waals surface area (Å²) >= 11 is 0. The van der Waals surface area contributed by atoms with Crippen LogP contribution in [-0.4, -0.2) is 43.1 Å². The van der Waals surface area contributed by atoms with Crippen LogP contribution in [0.1, 0.15) is 42.9 Å². The summed E-state index contributed by atoms with van der Waals surface area (Å²) in [5, 5.41) is 3.70. The van der Waals surface area contributed by atoms with Gasteiger partial charge >= 0.3 is 0 Å². The lowest BCUT2D eigenvalue weighted by Crippen LogP contribution is -2.29. The van der Waals surface area contributed by atoms with E-state index in [2.05, 4.69) is 63.5 Å². The van der Waals surface area contributed by atoms with E-state index >= 15 is 0 Å². The maximum Gasteiger partial charge on any atom is 0.0401 e. The maximum absolute atomic E-state index is 4.32. The van der Waals surface area contributed by atoms with Gasteiger partial charge in [-0.25, -0.2) is 0 Å². The predicted octanol–water partition coefficient (Wildman–Crippen LogP) is 3.85. The van der Waals surface area contributed by atoms with Crippen LogP contribution in [-0.2, 0) is 6.54 Å². The van der Waals surface area contributed by atoms with Gasteiger partial charge in [0.1, 0.15) is 0 Å². The third kappa shape index (κ3) is 4.50. The van der Waals surface area contributed by atoms with Crippen molar-refractivity contribution < 1.29 is 0 Å². The maximum atomic E-state index is 4.32. The third-order valence-corrected chi connectivity index (χ3v) is 6.19. The van der Waals surface area contributed by atoms with Crippen LogP contribution < -0.4 is 10.2 Å². The number of hydrogen-bond acceptors (Lipinski definition) is 4. The molecule has 2 aliphatic heterocycles. The molecule has 4 heteroatoms. The molecule has 0 bridgehead atoms. The summed E-state index contributed by atoms with van der Waals surface area (Å²) in [6, 6.07) is 13.9. The highest BCUT2D eigenvalue weighted by atomic mass is 15.2. The highest BCUT2D eigenvalue weighted by Gasteiger charge is 2.32. The van der Waals surface area contributed by atoms with E-state index in [4.69, 9.17) is 0 Å². The Labute approximate surface area is 163 Å². The second-order valence-electron chi connectivity index (χ2n) is 8.11. The minimum atomic E-state index is 0.479. The van der Waals surface area contributed by atoms with E-state index in [9.17, 15) is 0 Å². The topological polar surface area (TPSA) is 31.4 Å². The monoisotopic (exact) mass is 364 g/mol. The summed E-state index contributed by atoms with van der Waals surface area (Å²) in [7, 11) is 2.23. The molecule has 2 aromatic rings. The van der Waals surface area contributed by atoms with Gasteiger partial charge in [0.05, 0.1) is 0 Å². The van der Waals surface area contributed by atoms with Crippen molar-refractivity contribution in [2.75, 3.05) is 38.1 Å². The molecule has 4 rings (SSSR count).